The molecule has 3 fully saturated rings. The topological polar surface area (TPSA) is 113 Å². The molecule has 7 nitrogen and oxygen atoms in total. The van der Waals surface area contributed by atoms with Crippen molar-refractivity contribution in [2.24, 2.45) is 58.3 Å². The highest BCUT2D eigenvalue weighted by Gasteiger charge is 2.44. The minimum atomic E-state index is -0.481. The van der Waals surface area contributed by atoms with Gasteiger partial charge in [-0.15, -0.1) is 0 Å². The van der Waals surface area contributed by atoms with Crippen LogP contribution in [0.15, 0.2) is 49.9 Å². The number of allylic oxidation sites excluding steroid dienone is 2. The normalized spacial score (nSPS) is 18.0. The van der Waals surface area contributed by atoms with E-state index in [4.69, 9.17) is 0 Å². The molecule has 3 rings (SSSR count). The van der Waals surface area contributed by atoms with Gasteiger partial charge in [-0.1, -0.05) is 180 Å². The van der Waals surface area contributed by atoms with E-state index in [-0.39, 0.29) is 11.8 Å². The van der Waals surface area contributed by atoms with Crippen LogP contribution in [0.25, 0.3) is 0 Å². The number of nitrogens with zero attached hydrogens (tertiary/aromatic N) is 1. The van der Waals surface area contributed by atoms with Gasteiger partial charge in [-0.25, -0.2) is 0 Å². The Morgan fingerprint density at radius 2 is 1.28 bits per heavy atom. The molecule has 0 aliphatic heterocycles. The zero-order chi connectivity index (χ0) is 47.2. The maximum Gasteiger partial charge on any atom is 0.240 e. The number of amides is 2. The molecular formula is C51H107N5O2. The van der Waals surface area contributed by atoms with E-state index < -0.39 is 5.91 Å². The Balaban J connectivity index is -0.000000153. The molecule has 3 aliphatic carbocycles. The van der Waals surface area contributed by atoms with Crippen LogP contribution in [0.3, 0.4) is 0 Å². The predicted molar refractivity (Wildman–Crippen MR) is 265 cm³/mol. The smallest absolute Gasteiger partial charge is 0.240 e. The minimum absolute atomic E-state index is 0.150. The van der Waals surface area contributed by atoms with Crippen LogP contribution in [0.5, 0.6) is 0 Å². The fourth-order valence-electron chi connectivity index (χ4n) is 5.75. The summed E-state index contributed by atoms with van der Waals surface area (Å²) in [4.78, 5) is 24.0. The van der Waals surface area contributed by atoms with E-state index in [9.17, 15) is 9.59 Å². The van der Waals surface area contributed by atoms with Crippen LogP contribution < -0.4 is 22.1 Å². The summed E-state index contributed by atoms with van der Waals surface area (Å²) >= 11 is 0. The van der Waals surface area contributed by atoms with Gasteiger partial charge < -0.3 is 27.0 Å². The number of hydrogen-bond acceptors (Lipinski definition) is 5. The zero-order valence-corrected chi connectivity index (χ0v) is 42.9. The molecule has 58 heavy (non-hydrogen) atoms. The molecule has 6 N–H and O–H groups in total. The first-order chi connectivity index (χ1) is 27.0. The standard InChI is InChI=1S/C18H32N2O.C9H18.C7H17N.C6H12.C3H5NO.C2H5N.3C2H6/c1-12(2)20(5)11-16-10-17(16)14(4)18(21)19-13(3)9-15-7-6-8-15;1-3-8(2)9-6-4-5-7-9;1-6(8-5)7(2,3)4;1-5(2)6(3)4;1-2-3(4)5;1-2-3;3*1-2/h13-17H,1,6-11H2,2-5H3,(H,19,21);8-9H,3-7H2,1-2H3;6,8H,1-5H3;6H,1H2,2-4H3;2H,1H2,(H2,4,5);2H,1,3H2;3*1-2H3/t13?,14?,16-,17+;;;;;;;;/m0......../s1. The Bertz CT molecular complexity index is 991. The van der Waals surface area contributed by atoms with E-state index in [2.05, 4.69) is 130 Å². The second-order valence-electron chi connectivity index (χ2n) is 17.2. The Labute approximate surface area is 365 Å². The Kier molecular flexibility index (Phi) is 49.4. The fraction of sp³-hybridized carbons (Fsp3) is 0.804. The number of carbonyl (C=O) groups is 2. The molecule has 2 amide bonds. The maximum atomic E-state index is 12.3. The Morgan fingerprint density at radius 1 is 0.862 bits per heavy atom. The van der Waals surface area contributed by atoms with Crippen LogP contribution in [-0.4, -0.2) is 49.4 Å². The molecule has 3 aliphatic rings. The molecule has 7 heteroatoms. The first-order valence-corrected chi connectivity index (χ1v) is 23.3. The third kappa shape index (κ3) is 40.2. The van der Waals surface area contributed by atoms with Gasteiger partial charge in [-0.2, -0.15) is 0 Å². The lowest BCUT2D eigenvalue weighted by atomic mass is 9.81. The van der Waals surface area contributed by atoms with Gasteiger partial charge in [0.05, 0.1) is 0 Å². The van der Waals surface area contributed by atoms with Crippen LogP contribution >= 0.6 is 0 Å². The van der Waals surface area contributed by atoms with Crippen molar-refractivity contribution in [2.45, 2.75) is 201 Å². The van der Waals surface area contributed by atoms with Crippen LogP contribution in [0, 0.1) is 46.8 Å². The van der Waals surface area contributed by atoms with E-state index in [1.807, 2.05) is 62.4 Å². The lowest BCUT2D eigenvalue weighted by Crippen LogP contribution is -2.39. The quantitative estimate of drug-likeness (QED) is 0.109. The number of nitrogens with one attached hydrogen (secondary N) is 2. The summed E-state index contributed by atoms with van der Waals surface area (Å²) in [5.41, 5.74) is 11.9. The molecule has 348 valence electrons. The molecular weight excluding hydrogens is 715 g/mol. The lowest BCUT2D eigenvalue weighted by molar-refractivity contribution is -0.126. The first kappa shape index (κ1) is 67.2. The van der Waals surface area contributed by atoms with E-state index in [0.29, 0.717) is 35.3 Å². The van der Waals surface area contributed by atoms with Gasteiger partial charge in [0, 0.05) is 37.3 Å². The van der Waals surface area contributed by atoms with Crippen molar-refractivity contribution in [3.05, 3.63) is 49.9 Å². The molecule has 0 aromatic rings. The minimum Gasteiger partial charge on any atom is -0.405 e. The monoisotopic (exact) mass is 822 g/mol. The summed E-state index contributed by atoms with van der Waals surface area (Å²) in [5, 5.41) is 6.43. The largest absolute Gasteiger partial charge is 0.405 e. The fourth-order valence-corrected chi connectivity index (χ4v) is 5.75. The van der Waals surface area contributed by atoms with Crippen molar-refractivity contribution >= 4 is 11.8 Å². The van der Waals surface area contributed by atoms with Gasteiger partial charge in [-0.05, 0) is 101 Å². The van der Waals surface area contributed by atoms with E-state index in [0.717, 1.165) is 42.5 Å². The third-order valence-electron chi connectivity index (χ3n) is 11.3. The van der Waals surface area contributed by atoms with Gasteiger partial charge in [0.2, 0.25) is 11.8 Å². The van der Waals surface area contributed by atoms with Crippen LogP contribution in [0.4, 0.5) is 0 Å². The molecule has 6 atom stereocenters. The number of carbonyl (C=O) groups excluding carboxylic acids is 2. The predicted octanol–water partition coefficient (Wildman–Crippen LogP) is 13.3. The van der Waals surface area contributed by atoms with E-state index in [1.165, 1.54) is 69.6 Å². The number of primary amides is 1. The highest BCUT2D eigenvalue weighted by Crippen LogP contribution is 2.45. The molecule has 3 saturated carbocycles. The molecule has 0 heterocycles. The second-order valence-corrected chi connectivity index (χ2v) is 17.2. The second kappa shape index (κ2) is 42.6. The first-order valence-electron chi connectivity index (χ1n) is 23.3. The summed E-state index contributed by atoms with van der Waals surface area (Å²) in [5.74, 6) is 4.73. The summed E-state index contributed by atoms with van der Waals surface area (Å²) in [7, 11) is 4.08. The summed E-state index contributed by atoms with van der Waals surface area (Å²) in [6.07, 6.45) is 16.1. The van der Waals surface area contributed by atoms with Gasteiger partial charge in [0.15, 0.2) is 0 Å². The highest BCUT2D eigenvalue weighted by molar-refractivity contribution is 5.85. The van der Waals surface area contributed by atoms with Gasteiger partial charge in [0.25, 0.3) is 0 Å². The molecule has 0 radical (unpaired) electrons. The Morgan fingerprint density at radius 3 is 1.53 bits per heavy atom. The number of hydrogen-bond donors (Lipinski definition) is 4. The average Bonchev–Trinajstić information content (AvgIpc) is 3.71. The van der Waals surface area contributed by atoms with Crippen LogP contribution in [0.2, 0.25) is 0 Å². The number of rotatable bonds is 13. The lowest BCUT2D eigenvalue weighted by Gasteiger charge is -2.29. The maximum absolute atomic E-state index is 12.3. The molecule has 0 bridgehead atoms. The molecule has 0 spiro atoms. The molecule has 0 saturated heterocycles. The highest BCUT2D eigenvalue weighted by atomic mass is 16.2. The molecule has 4 unspecified atom stereocenters. The van der Waals surface area contributed by atoms with Crippen molar-refractivity contribution in [1.82, 2.24) is 15.5 Å². The van der Waals surface area contributed by atoms with Crippen molar-refractivity contribution in [3.8, 4) is 0 Å². The molecule has 0 aromatic heterocycles. The SMILES string of the molecule is C=C(C)C(C)C.C=C(C)N(C)C[C@@H]1C[C@@H]1C(C)C(=O)NC(C)CC1CCC1.C=CC(N)=O.C=CN.CC.CC.CC.CCC(C)C1CCCC1.CNC(C)C(C)(C)C. The van der Waals surface area contributed by atoms with Crippen LogP contribution in [0.1, 0.15) is 189 Å². The third-order valence-corrected chi connectivity index (χ3v) is 11.3. The summed E-state index contributed by atoms with van der Waals surface area (Å²) in [6, 6.07) is 0.933. The van der Waals surface area contributed by atoms with Crippen molar-refractivity contribution in [3.63, 3.8) is 0 Å². The Hall–Kier alpha value is -2.54. The van der Waals surface area contributed by atoms with Crippen molar-refractivity contribution < 1.29 is 9.59 Å². The van der Waals surface area contributed by atoms with Crippen LogP contribution in [-0.2, 0) is 9.59 Å². The van der Waals surface area contributed by atoms with Crippen molar-refractivity contribution in [2.75, 3.05) is 20.6 Å². The summed E-state index contributed by atoms with van der Waals surface area (Å²) < 4.78 is 0. The van der Waals surface area contributed by atoms with Gasteiger partial charge >= 0.3 is 0 Å². The van der Waals surface area contributed by atoms with Gasteiger partial charge in [-0.3, -0.25) is 9.59 Å². The molecule has 0 aromatic carbocycles. The van der Waals surface area contributed by atoms with E-state index >= 15 is 0 Å². The van der Waals surface area contributed by atoms with Gasteiger partial charge in [0.1, 0.15) is 0 Å². The average molecular weight is 822 g/mol. The van der Waals surface area contributed by atoms with Crippen molar-refractivity contribution in [1.29, 1.82) is 0 Å². The summed E-state index contributed by atoms with van der Waals surface area (Å²) in [6.45, 7) is 53.2. The zero-order valence-electron chi connectivity index (χ0n) is 42.9. The number of nitrogens with two attached hydrogens (primary N) is 2. The van der Waals surface area contributed by atoms with E-state index in [1.54, 1.807) is 0 Å².